The van der Waals surface area contributed by atoms with Crippen molar-refractivity contribution in [3.8, 4) is 5.88 Å². The number of ether oxygens (including phenoxy) is 2. The average molecular weight is 836 g/mol. The summed E-state index contributed by atoms with van der Waals surface area (Å²) in [6, 6.07) is 0. The van der Waals surface area contributed by atoms with E-state index < -0.39 is 15.3 Å². The fourth-order valence-electron chi connectivity index (χ4n) is 15.7. The van der Waals surface area contributed by atoms with Gasteiger partial charge in [-0.2, -0.15) is 0 Å². The van der Waals surface area contributed by atoms with E-state index >= 15 is 0 Å². The van der Waals surface area contributed by atoms with Gasteiger partial charge >= 0.3 is 5.97 Å². The SMILES string of the molecule is CCOC(=O)C1(COc2cnnn2CC)CC=C(C2=CC[C@]3(C)[C@H]4CC[C@@H]5[C@H]6[C@H](CC)CC[C@]6(NCCN6CCS(=O)(=O)CC6)CC[C@@]5(C)[C@]4(C)CC[C@H]3C2(C)C)CC1. The van der Waals surface area contributed by atoms with Crippen LogP contribution in [0.1, 0.15) is 139 Å². The normalized spacial score (nSPS) is 41.4. The van der Waals surface area contributed by atoms with Crippen LogP contribution in [0.4, 0.5) is 0 Å². The molecule has 1 aromatic heterocycles. The van der Waals surface area contributed by atoms with E-state index in [1.807, 2.05) is 13.8 Å². The lowest BCUT2D eigenvalue weighted by Gasteiger charge is -2.72. The lowest BCUT2D eigenvalue weighted by Crippen LogP contribution is -2.68. The predicted octanol–water partition coefficient (Wildman–Crippen LogP) is 8.44. The molecule has 0 spiro atoms. The number of esters is 1. The Morgan fingerprint density at radius 1 is 0.898 bits per heavy atom. The zero-order chi connectivity index (χ0) is 42.1. The summed E-state index contributed by atoms with van der Waals surface area (Å²) >= 11 is 0. The zero-order valence-corrected chi connectivity index (χ0v) is 38.7. The quantitative estimate of drug-likeness (QED) is 0.207. The number of rotatable bonds is 12. The van der Waals surface area contributed by atoms with Crippen molar-refractivity contribution in [3.05, 3.63) is 29.5 Å². The fourth-order valence-corrected chi connectivity index (χ4v) is 17.0. The Morgan fingerprint density at radius 3 is 2.37 bits per heavy atom. The second kappa shape index (κ2) is 15.8. The van der Waals surface area contributed by atoms with Crippen molar-refractivity contribution < 1.29 is 22.7 Å². The van der Waals surface area contributed by atoms with E-state index in [2.05, 4.69) is 74.2 Å². The van der Waals surface area contributed by atoms with E-state index in [1.54, 1.807) is 10.9 Å². The standard InChI is InChI=1S/C48H77N5O5S/c1-9-34-16-23-48(49-26-27-52-28-30-59(55,56)31-29-52)25-24-45(7)37(41(34)48)12-13-39-44(6)19-17-36(43(4,5)38(44)18-20-46(39,45)8)35-14-21-47(22-15-35,42(54)57-11-3)33-58-40-32-50-51-53(40)10-2/h14,17,32,34,37-39,41,49H,9-13,15-16,18-31,33H2,1-8H3/t34-,37-,38+,39-,41-,44+,45-,46-,47?,48+/m1/s1. The second-order valence-electron chi connectivity index (χ2n) is 21.6. The molecule has 330 valence electrons. The van der Waals surface area contributed by atoms with Gasteiger partial charge in [-0.1, -0.05) is 65.3 Å². The number of nitrogens with one attached hydrogen (secondary N) is 1. The molecular formula is C48H77N5O5S. The van der Waals surface area contributed by atoms with Crippen molar-refractivity contribution >= 4 is 15.8 Å². The Labute approximate surface area is 356 Å². The molecule has 1 aliphatic heterocycles. The third-order valence-corrected chi connectivity index (χ3v) is 20.7. The highest BCUT2D eigenvalue weighted by Crippen LogP contribution is 2.76. The van der Waals surface area contributed by atoms with Gasteiger partial charge in [-0.15, -0.1) is 5.10 Å². The van der Waals surface area contributed by atoms with Gasteiger partial charge in [0.15, 0.2) is 9.84 Å². The molecule has 6 aliphatic carbocycles. The maximum atomic E-state index is 13.6. The van der Waals surface area contributed by atoms with Crippen LogP contribution in [0.15, 0.2) is 29.5 Å². The molecule has 0 bridgehead atoms. The molecule has 0 aromatic carbocycles. The van der Waals surface area contributed by atoms with Gasteiger partial charge in [0.1, 0.15) is 18.2 Å². The van der Waals surface area contributed by atoms with Gasteiger partial charge in [-0.05, 0) is 153 Å². The number of nitrogens with zero attached hydrogens (tertiary/aromatic N) is 4. The van der Waals surface area contributed by atoms with Crippen LogP contribution in [-0.2, 0) is 25.9 Å². The molecule has 4 saturated carbocycles. The van der Waals surface area contributed by atoms with Crippen LogP contribution in [0.2, 0.25) is 0 Å². The molecule has 1 aromatic rings. The third kappa shape index (κ3) is 7.09. The van der Waals surface area contributed by atoms with Gasteiger partial charge in [0.2, 0.25) is 5.88 Å². The molecule has 0 amide bonds. The van der Waals surface area contributed by atoms with Crippen LogP contribution < -0.4 is 10.1 Å². The number of allylic oxidation sites excluding steroid dienone is 4. The first-order chi connectivity index (χ1) is 28.0. The van der Waals surface area contributed by atoms with E-state index in [9.17, 15) is 13.2 Å². The molecule has 11 heteroatoms. The largest absolute Gasteiger partial charge is 0.475 e. The number of hydrogen-bond acceptors (Lipinski definition) is 9. The molecule has 2 heterocycles. The smallest absolute Gasteiger partial charge is 0.315 e. The van der Waals surface area contributed by atoms with Gasteiger partial charge in [0.25, 0.3) is 0 Å². The lowest BCUT2D eigenvalue weighted by molar-refractivity contribution is -0.222. The molecular weight excluding hydrogens is 759 g/mol. The predicted molar refractivity (Wildman–Crippen MR) is 233 cm³/mol. The van der Waals surface area contributed by atoms with Gasteiger partial charge in [-0.25, -0.2) is 13.1 Å². The van der Waals surface area contributed by atoms with E-state index in [-0.39, 0.29) is 28.9 Å². The minimum Gasteiger partial charge on any atom is -0.475 e. The van der Waals surface area contributed by atoms with Crippen LogP contribution in [0.3, 0.4) is 0 Å². The highest BCUT2D eigenvalue weighted by atomic mass is 32.2. The van der Waals surface area contributed by atoms with Gasteiger partial charge in [-0.3, -0.25) is 4.79 Å². The molecule has 7 aliphatic rings. The van der Waals surface area contributed by atoms with Crippen molar-refractivity contribution in [1.82, 2.24) is 25.2 Å². The van der Waals surface area contributed by atoms with Crippen molar-refractivity contribution in [2.45, 2.75) is 151 Å². The average Bonchev–Trinajstić information content (AvgIpc) is 3.83. The van der Waals surface area contributed by atoms with Gasteiger partial charge in [0.05, 0.1) is 18.1 Å². The van der Waals surface area contributed by atoms with Crippen LogP contribution >= 0.6 is 0 Å². The molecule has 1 unspecified atom stereocenters. The van der Waals surface area contributed by atoms with E-state index in [0.29, 0.717) is 79.1 Å². The van der Waals surface area contributed by atoms with Gasteiger partial charge < -0.3 is 19.7 Å². The molecule has 0 radical (unpaired) electrons. The first kappa shape index (κ1) is 43.4. The van der Waals surface area contributed by atoms with Crippen molar-refractivity contribution in [3.63, 3.8) is 0 Å². The maximum Gasteiger partial charge on any atom is 0.315 e. The number of carbonyl (C=O) groups excluding carboxylic acids is 1. The number of hydrogen-bond donors (Lipinski definition) is 1. The summed E-state index contributed by atoms with van der Waals surface area (Å²) in [4.78, 5) is 16.0. The molecule has 8 rings (SSSR count). The summed E-state index contributed by atoms with van der Waals surface area (Å²) < 4.78 is 37.8. The molecule has 10 nitrogen and oxygen atoms in total. The Kier molecular flexibility index (Phi) is 11.7. The molecule has 5 fully saturated rings. The van der Waals surface area contributed by atoms with E-state index in [1.165, 1.54) is 68.9 Å². The van der Waals surface area contributed by atoms with Crippen LogP contribution in [0, 0.1) is 56.7 Å². The van der Waals surface area contributed by atoms with Crippen LogP contribution in [0.5, 0.6) is 5.88 Å². The van der Waals surface area contributed by atoms with Crippen molar-refractivity contribution in [2.24, 2.45) is 56.7 Å². The minimum absolute atomic E-state index is 0.0422. The van der Waals surface area contributed by atoms with E-state index in [4.69, 9.17) is 9.47 Å². The summed E-state index contributed by atoms with van der Waals surface area (Å²) in [5.41, 5.74) is 3.36. The first-order valence-corrected chi connectivity index (χ1v) is 25.6. The number of aryl methyl sites for hydroxylation is 1. The van der Waals surface area contributed by atoms with Crippen LogP contribution in [-0.4, -0.2) is 90.7 Å². The lowest BCUT2D eigenvalue weighted by atomic mass is 9.33. The Balaban J connectivity index is 1.00. The number of carbonyl (C=O) groups is 1. The zero-order valence-electron chi connectivity index (χ0n) is 37.9. The summed E-state index contributed by atoms with van der Waals surface area (Å²) in [5, 5.41) is 12.4. The van der Waals surface area contributed by atoms with Crippen molar-refractivity contribution in [2.75, 3.05) is 50.9 Å². The minimum atomic E-state index is -2.86. The Bertz CT molecular complexity index is 1890. The highest BCUT2D eigenvalue weighted by Gasteiger charge is 2.70. The summed E-state index contributed by atoms with van der Waals surface area (Å²) in [6.45, 7) is 24.2. The molecule has 1 N–H and O–H groups in total. The third-order valence-electron chi connectivity index (χ3n) is 19.1. The maximum absolute atomic E-state index is 13.6. The summed E-state index contributed by atoms with van der Waals surface area (Å²) in [6.07, 6.45) is 21.7. The monoisotopic (exact) mass is 836 g/mol. The summed E-state index contributed by atoms with van der Waals surface area (Å²) in [5.74, 6) is 4.61. The highest BCUT2D eigenvalue weighted by molar-refractivity contribution is 7.91. The number of aromatic nitrogens is 3. The van der Waals surface area contributed by atoms with Crippen LogP contribution in [0.25, 0.3) is 0 Å². The Morgan fingerprint density at radius 2 is 1.68 bits per heavy atom. The molecule has 10 atom stereocenters. The number of fused-ring (bicyclic) bond motifs is 7. The topological polar surface area (TPSA) is 116 Å². The van der Waals surface area contributed by atoms with Gasteiger partial charge in [0, 0.05) is 38.3 Å². The Hall–Kier alpha value is -2.24. The fraction of sp³-hybridized carbons (Fsp3) is 0.854. The first-order valence-electron chi connectivity index (χ1n) is 23.8. The van der Waals surface area contributed by atoms with Crippen molar-refractivity contribution in [1.29, 1.82) is 0 Å². The molecule has 1 saturated heterocycles. The molecule has 59 heavy (non-hydrogen) atoms. The number of sulfone groups is 1. The van der Waals surface area contributed by atoms with E-state index in [0.717, 1.165) is 43.7 Å². The summed E-state index contributed by atoms with van der Waals surface area (Å²) in [7, 11) is -2.86. The second-order valence-corrected chi connectivity index (χ2v) is 23.9.